The highest BCUT2D eigenvalue weighted by atomic mass is 15.1. The number of hydrogen-bond acceptors (Lipinski definition) is 2. The fraction of sp³-hybridized carbons (Fsp3) is 0.600. The van der Waals surface area contributed by atoms with E-state index in [-0.39, 0.29) is 0 Å². The lowest BCUT2D eigenvalue weighted by molar-refractivity contribution is 0.149. The molecule has 0 saturated carbocycles. The normalized spacial score (nSPS) is 23.5. The van der Waals surface area contributed by atoms with Gasteiger partial charge in [-0.05, 0) is 37.3 Å². The van der Waals surface area contributed by atoms with Gasteiger partial charge in [0.2, 0.25) is 0 Å². The maximum absolute atomic E-state index is 6.18. The highest BCUT2D eigenvalue weighted by molar-refractivity contribution is 5.14. The van der Waals surface area contributed by atoms with Gasteiger partial charge >= 0.3 is 0 Å². The van der Waals surface area contributed by atoms with Crippen LogP contribution in [0.15, 0.2) is 30.3 Å². The summed E-state index contributed by atoms with van der Waals surface area (Å²) < 4.78 is 0. The van der Waals surface area contributed by atoms with Crippen LogP contribution in [0.4, 0.5) is 0 Å². The van der Waals surface area contributed by atoms with E-state index in [1.807, 2.05) is 0 Å². The average Bonchev–Trinajstić information content (AvgIpc) is 2.39. The van der Waals surface area contributed by atoms with E-state index in [0.717, 1.165) is 13.0 Å². The molecule has 1 aromatic rings. The molecule has 0 radical (unpaired) electrons. The standard InChI is InChI=1S/C15H24N2/c1-2-15(16)14-9-6-10-17(12-14)11-13-7-4-3-5-8-13/h3-5,7-8,14-15H,2,6,9-12,16H2,1H3. The highest BCUT2D eigenvalue weighted by Gasteiger charge is 2.23. The number of rotatable bonds is 4. The summed E-state index contributed by atoms with van der Waals surface area (Å²) in [7, 11) is 0. The number of nitrogens with zero attached hydrogens (tertiary/aromatic N) is 1. The molecule has 0 aromatic heterocycles. The SMILES string of the molecule is CCC(N)C1CCCN(Cc2ccccc2)C1. The van der Waals surface area contributed by atoms with Crippen molar-refractivity contribution in [2.24, 2.45) is 11.7 Å². The van der Waals surface area contributed by atoms with Gasteiger partial charge in [-0.3, -0.25) is 4.90 Å². The predicted octanol–water partition coefficient (Wildman–Crippen LogP) is 2.64. The Bertz CT molecular complexity index is 323. The molecule has 1 heterocycles. The molecule has 2 unspecified atom stereocenters. The van der Waals surface area contributed by atoms with Crippen LogP contribution in [-0.2, 0) is 6.54 Å². The Morgan fingerprint density at radius 1 is 1.35 bits per heavy atom. The van der Waals surface area contributed by atoms with E-state index in [4.69, 9.17) is 5.73 Å². The average molecular weight is 232 g/mol. The van der Waals surface area contributed by atoms with Gasteiger partial charge in [0.25, 0.3) is 0 Å². The third-order valence-electron chi connectivity index (χ3n) is 3.87. The first-order chi connectivity index (χ1) is 8.29. The lowest BCUT2D eigenvalue weighted by Gasteiger charge is -2.35. The van der Waals surface area contributed by atoms with Crippen LogP contribution in [0.2, 0.25) is 0 Å². The van der Waals surface area contributed by atoms with E-state index in [2.05, 4.69) is 42.2 Å². The van der Waals surface area contributed by atoms with Crippen molar-refractivity contribution >= 4 is 0 Å². The molecule has 0 spiro atoms. The third-order valence-corrected chi connectivity index (χ3v) is 3.87. The highest BCUT2D eigenvalue weighted by Crippen LogP contribution is 2.21. The molecule has 2 heteroatoms. The van der Waals surface area contributed by atoms with Gasteiger partial charge in [-0.1, -0.05) is 37.3 Å². The van der Waals surface area contributed by atoms with Crippen LogP contribution in [-0.4, -0.2) is 24.0 Å². The molecule has 1 saturated heterocycles. The molecule has 1 fully saturated rings. The van der Waals surface area contributed by atoms with Gasteiger partial charge in [0.15, 0.2) is 0 Å². The van der Waals surface area contributed by atoms with E-state index in [9.17, 15) is 0 Å². The van der Waals surface area contributed by atoms with Gasteiger partial charge in [-0.25, -0.2) is 0 Å². The molecule has 1 aliphatic heterocycles. The second-order valence-electron chi connectivity index (χ2n) is 5.20. The Balaban J connectivity index is 1.89. The van der Waals surface area contributed by atoms with Gasteiger partial charge in [0.1, 0.15) is 0 Å². The molecular weight excluding hydrogens is 208 g/mol. The Hall–Kier alpha value is -0.860. The van der Waals surface area contributed by atoms with Crippen LogP contribution < -0.4 is 5.73 Å². The maximum Gasteiger partial charge on any atom is 0.0233 e. The smallest absolute Gasteiger partial charge is 0.0233 e. The predicted molar refractivity (Wildman–Crippen MR) is 72.7 cm³/mol. The molecule has 1 aromatic carbocycles. The minimum absolute atomic E-state index is 0.383. The first-order valence-corrected chi connectivity index (χ1v) is 6.81. The van der Waals surface area contributed by atoms with E-state index in [1.54, 1.807) is 0 Å². The van der Waals surface area contributed by atoms with Crippen LogP contribution in [0.3, 0.4) is 0 Å². The van der Waals surface area contributed by atoms with Crippen molar-refractivity contribution in [3.05, 3.63) is 35.9 Å². The maximum atomic E-state index is 6.18. The summed E-state index contributed by atoms with van der Waals surface area (Å²) in [5.41, 5.74) is 7.59. The molecular formula is C15H24N2. The van der Waals surface area contributed by atoms with Gasteiger partial charge in [-0.15, -0.1) is 0 Å². The summed E-state index contributed by atoms with van der Waals surface area (Å²) in [5, 5.41) is 0. The monoisotopic (exact) mass is 232 g/mol. The minimum Gasteiger partial charge on any atom is -0.327 e. The van der Waals surface area contributed by atoms with Crippen molar-refractivity contribution in [3.8, 4) is 0 Å². The number of piperidine rings is 1. The van der Waals surface area contributed by atoms with Crippen LogP contribution in [0.1, 0.15) is 31.7 Å². The summed E-state index contributed by atoms with van der Waals surface area (Å²) in [6.45, 7) is 5.67. The van der Waals surface area contributed by atoms with E-state index < -0.39 is 0 Å². The molecule has 2 nitrogen and oxygen atoms in total. The summed E-state index contributed by atoms with van der Waals surface area (Å²) in [5.74, 6) is 0.692. The lowest BCUT2D eigenvalue weighted by atomic mass is 9.89. The van der Waals surface area contributed by atoms with Crippen LogP contribution in [0, 0.1) is 5.92 Å². The number of likely N-dealkylation sites (tertiary alicyclic amines) is 1. The molecule has 0 amide bonds. The van der Waals surface area contributed by atoms with Crippen LogP contribution >= 0.6 is 0 Å². The lowest BCUT2D eigenvalue weighted by Crippen LogP contribution is -2.42. The molecule has 2 atom stereocenters. The van der Waals surface area contributed by atoms with E-state index in [0.29, 0.717) is 12.0 Å². The Morgan fingerprint density at radius 3 is 2.82 bits per heavy atom. The topological polar surface area (TPSA) is 29.3 Å². The van der Waals surface area contributed by atoms with Gasteiger partial charge in [-0.2, -0.15) is 0 Å². The summed E-state index contributed by atoms with van der Waals surface area (Å²) in [6.07, 6.45) is 3.70. The van der Waals surface area contributed by atoms with Crippen molar-refractivity contribution < 1.29 is 0 Å². The summed E-state index contributed by atoms with van der Waals surface area (Å²) >= 11 is 0. The first kappa shape index (κ1) is 12.6. The van der Waals surface area contributed by atoms with Gasteiger partial charge in [0.05, 0.1) is 0 Å². The van der Waals surface area contributed by atoms with Crippen molar-refractivity contribution in [2.75, 3.05) is 13.1 Å². The van der Waals surface area contributed by atoms with E-state index in [1.165, 1.54) is 31.5 Å². The largest absolute Gasteiger partial charge is 0.327 e. The Morgan fingerprint density at radius 2 is 2.12 bits per heavy atom. The number of hydrogen-bond donors (Lipinski definition) is 1. The van der Waals surface area contributed by atoms with Crippen molar-refractivity contribution in [2.45, 2.75) is 38.8 Å². The summed E-state index contributed by atoms with van der Waals surface area (Å²) in [4.78, 5) is 2.55. The fourth-order valence-electron chi connectivity index (χ4n) is 2.76. The quantitative estimate of drug-likeness (QED) is 0.864. The van der Waals surface area contributed by atoms with Crippen molar-refractivity contribution in [1.82, 2.24) is 4.90 Å². The Kier molecular flexibility index (Phi) is 4.57. The van der Waals surface area contributed by atoms with Crippen LogP contribution in [0.25, 0.3) is 0 Å². The van der Waals surface area contributed by atoms with Crippen LogP contribution in [0.5, 0.6) is 0 Å². The molecule has 0 aliphatic carbocycles. The number of nitrogens with two attached hydrogens (primary N) is 1. The second kappa shape index (κ2) is 6.18. The molecule has 94 valence electrons. The molecule has 2 rings (SSSR count). The van der Waals surface area contributed by atoms with E-state index >= 15 is 0 Å². The first-order valence-electron chi connectivity index (χ1n) is 6.81. The number of benzene rings is 1. The van der Waals surface area contributed by atoms with Gasteiger partial charge in [0, 0.05) is 19.1 Å². The van der Waals surface area contributed by atoms with Gasteiger partial charge < -0.3 is 5.73 Å². The zero-order chi connectivity index (χ0) is 12.1. The zero-order valence-corrected chi connectivity index (χ0v) is 10.8. The molecule has 2 N–H and O–H groups in total. The second-order valence-corrected chi connectivity index (χ2v) is 5.20. The molecule has 1 aliphatic rings. The Labute approximate surface area is 105 Å². The zero-order valence-electron chi connectivity index (χ0n) is 10.8. The molecule has 17 heavy (non-hydrogen) atoms. The molecule has 0 bridgehead atoms. The van der Waals surface area contributed by atoms with Crippen molar-refractivity contribution in [3.63, 3.8) is 0 Å². The van der Waals surface area contributed by atoms with Crippen molar-refractivity contribution in [1.29, 1.82) is 0 Å². The minimum atomic E-state index is 0.383. The third kappa shape index (κ3) is 3.55. The summed E-state index contributed by atoms with van der Waals surface area (Å²) in [6, 6.07) is 11.1. The fourth-order valence-corrected chi connectivity index (χ4v) is 2.76.